The van der Waals surface area contributed by atoms with Gasteiger partial charge in [-0.25, -0.2) is 13.2 Å². The van der Waals surface area contributed by atoms with Crippen molar-refractivity contribution in [2.75, 3.05) is 13.2 Å². The van der Waals surface area contributed by atoms with Gasteiger partial charge in [0.15, 0.2) is 17.9 Å². The van der Waals surface area contributed by atoms with Crippen molar-refractivity contribution in [3.05, 3.63) is 95.3 Å². The zero-order valence-corrected chi connectivity index (χ0v) is 18.8. The zero-order valence-electron chi connectivity index (χ0n) is 18.8. The van der Waals surface area contributed by atoms with Gasteiger partial charge in [0.1, 0.15) is 5.82 Å². The molecule has 33 heavy (non-hydrogen) atoms. The molecule has 0 bridgehead atoms. The van der Waals surface area contributed by atoms with E-state index in [1.54, 1.807) is 60.7 Å². The van der Waals surface area contributed by atoms with Crippen molar-refractivity contribution < 1.29 is 22.6 Å². The number of hydrogen-bond acceptors (Lipinski definition) is 2. The summed E-state index contributed by atoms with van der Waals surface area (Å²) in [5, 5.41) is 0. The lowest BCUT2D eigenvalue weighted by atomic mass is 9.97. The van der Waals surface area contributed by atoms with Gasteiger partial charge in [0.25, 0.3) is 0 Å². The van der Waals surface area contributed by atoms with E-state index in [0.29, 0.717) is 53.4 Å². The molecule has 0 unspecified atom stereocenters. The van der Waals surface area contributed by atoms with Gasteiger partial charge in [0, 0.05) is 22.6 Å². The molecule has 0 spiro atoms. The third-order valence-corrected chi connectivity index (χ3v) is 6.05. The van der Waals surface area contributed by atoms with Crippen LogP contribution in [0.1, 0.15) is 37.7 Å². The van der Waals surface area contributed by atoms with Gasteiger partial charge >= 0.3 is 0 Å². The summed E-state index contributed by atoms with van der Waals surface area (Å²) in [7, 11) is 0. The quantitative estimate of drug-likeness (QED) is 0.358. The van der Waals surface area contributed by atoms with Crippen LogP contribution in [0.5, 0.6) is 0 Å². The van der Waals surface area contributed by atoms with E-state index in [4.69, 9.17) is 9.47 Å². The van der Waals surface area contributed by atoms with Gasteiger partial charge in [-0.1, -0.05) is 67.6 Å². The van der Waals surface area contributed by atoms with Crippen LogP contribution in [-0.4, -0.2) is 13.2 Å². The molecule has 3 aromatic rings. The van der Waals surface area contributed by atoms with Crippen LogP contribution in [0.2, 0.25) is 0 Å². The van der Waals surface area contributed by atoms with Gasteiger partial charge in [0.05, 0.1) is 13.2 Å². The van der Waals surface area contributed by atoms with Crippen LogP contribution in [0, 0.1) is 23.4 Å². The summed E-state index contributed by atoms with van der Waals surface area (Å²) in [6.07, 6.45) is 4.33. The van der Waals surface area contributed by atoms with Crippen LogP contribution in [0.4, 0.5) is 13.2 Å². The lowest BCUT2D eigenvalue weighted by molar-refractivity contribution is -0.205. The van der Waals surface area contributed by atoms with E-state index in [2.05, 4.69) is 6.92 Å². The van der Waals surface area contributed by atoms with Crippen LogP contribution in [0.25, 0.3) is 22.3 Å². The normalized spacial score (nSPS) is 18.7. The second kappa shape index (κ2) is 10.4. The Balaban J connectivity index is 1.53. The highest BCUT2D eigenvalue weighted by Crippen LogP contribution is 2.32. The summed E-state index contributed by atoms with van der Waals surface area (Å²) in [6, 6.07) is 14.8. The minimum Gasteiger partial charge on any atom is -0.348 e. The molecule has 0 saturated carbocycles. The Morgan fingerprint density at radius 3 is 2.09 bits per heavy atom. The first-order valence-electron chi connectivity index (χ1n) is 11.2. The molecule has 0 amide bonds. The molecule has 0 aromatic heterocycles. The highest BCUT2D eigenvalue weighted by molar-refractivity contribution is 5.71. The molecule has 2 nitrogen and oxygen atoms in total. The minimum absolute atomic E-state index is 0.177. The standard InChI is InChI=1S/C28H27F3O2/c1-3-5-6-21-11-14-24(27(31)26(21)30)20-9-7-19(8-10-20)23-13-12-22(15-25(23)29)28-32-16-18(4-2)17-33-28/h3,5,7-15,18,28H,4,6,16-17H2,1-2H3. The molecule has 4 rings (SSSR count). The Morgan fingerprint density at radius 1 is 0.848 bits per heavy atom. The molecule has 1 heterocycles. The third kappa shape index (κ3) is 5.05. The van der Waals surface area contributed by atoms with E-state index in [1.165, 1.54) is 6.07 Å². The summed E-state index contributed by atoms with van der Waals surface area (Å²) in [5.41, 5.74) is 2.71. The fourth-order valence-electron chi connectivity index (χ4n) is 3.93. The molecule has 5 heteroatoms. The van der Waals surface area contributed by atoms with Crippen LogP contribution in [0.3, 0.4) is 0 Å². The van der Waals surface area contributed by atoms with Gasteiger partial charge in [0.2, 0.25) is 0 Å². The van der Waals surface area contributed by atoms with Crippen molar-refractivity contribution in [2.24, 2.45) is 5.92 Å². The molecular weight excluding hydrogens is 425 g/mol. The lowest BCUT2D eigenvalue weighted by Crippen LogP contribution is -2.26. The molecule has 0 aliphatic carbocycles. The van der Waals surface area contributed by atoms with Gasteiger partial charge in [-0.3, -0.25) is 0 Å². The molecule has 1 saturated heterocycles. The van der Waals surface area contributed by atoms with Gasteiger partial charge < -0.3 is 9.47 Å². The maximum atomic E-state index is 14.9. The van der Waals surface area contributed by atoms with Crippen molar-refractivity contribution in [3.8, 4) is 22.3 Å². The molecule has 0 N–H and O–H groups in total. The number of rotatable bonds is 6. The summed E-state index contributed by atoms with van der Waals surface area (Å²) >= 11 is 0. The predicted octanol–water partition coefficient (Wildman–Crippen LogP) is 7.63. The number of halogens is 3. The third-order valence-electron chi connectivity index (χ3n) is 6.05. The fraction of sp³-hybridized carbons (Fsp3) is 0.286. The van der Waals surface area contributed by atoms with E-state index in [9.17, 15) is 13.2 Å². The smallest absolute Gasteiger partial charge is 0.183 e. The minimum atomic E-state index is -0.877. The zero-order chi connectivity index (χ0) is 23.4. The van der Waals surface area contributed by atoms with E-state index >= 15 is 0 Å². The first-order chi connectivity index (χ1) is 16.0. The summed E-state index contributed by atoms with van der Waals surface area (Å²) in [4.78, 5) is 0. The molecular formula is C28H27F3O2. The lowest BCUT2D eigenvalue weighted by Gasteiger charge is -2.29. The predicted molar refractivity (Wildman–Crippen MR) is 124 cm³/mol. The molecule has 1 aliphatic rings. The van der Waals surface area contributed by atoms with E-state index < -0.39 is 23.7 Å². The highest BCUT2D eigenvalue weighted by Gasteiger charge is 2.23. The molecule has 172 valence electrons. The molecule has 1 fully saturated rings. The Bertz CT molecular complexity index is 1130. The van der Waals surface area contributed by atoms with E-state index in [-0.39, 0.29) is 5.56 Å². The van der Waals surface area contributed by atoms with Crippen LogP contribution >= 0.6 is 0 Å². The monoisotopic (exact) mass is 452 g/mol. The SMILES string of the molecule is CC=CCc1ccc(-c2ccc(-c3ccc(C4OCC(CC)CO4)cc3F)cc2)c(F)c1F. The van der Waals surface area contributed by atoms with Gasteiger partial charge in [-0.05, 0) is 42.5 Å². The van der Waals surface area contributed by atoms with Crippen LogP contribution in [0.15, 0.2) is 66.7 Å². The summed E-state index contributed by atoms with van der Waals surface area (Å²) < 4.78 is 55.4. The number of benzene rings is 3. The van der Waals surface area contributed by atoms with Crippen LogP contribution in [-0.2, 0) is 15.9 Å². The fourth-order valence-corrected chi connectivity index (χ4v) is 3.93. The summed E-state index contributed by atoms with van der Waals surface area (Å²) in [6.45, 7) is 5.11. The largest absolute Gasteiger partial charge is 0.348 e. The highest BCUT2D eigenvalue weighted by atomic mass is 19.2. The number of ether oxygens (including phenoxy) is 2. The Kier molecular flexibility index (Phi) is 7.31. The van der Waals surface area contributed by atoms with Crippen molar-refractivity contribution in [3.63, 3.8) is 0 Å². The van der Waals surface area contributed by atoms with Crippen molar-refractivity contribution in [1.29, 1.82) is 0 Å². The average Bonchev–Trinajstić information content (AvgIpc) is 2.85. The number of hydrogen-bond donors (Lipinski definition) is 0. The first-order valence-corrected chi connectivity index (χ1v) is 11.2. The maximum absolute atomic E-state index is 14.9. The van der Waals surface area contributed by atoms with Crippen molar-refractivity contribution in [1.82, 2.24) is 0 Å². The molecule has 0 atom stereocenters. The van der Waals surface area contributed by atoms with E-state index in [0.717, 1.165) is 6.42 Å². The Morgan fingerprint density at radius 2 is 1.48 bits per heavy atom. The number of allylic oxidation sites excluding steroid dienone is 2. The second-order valence-electron chi connectivity index (χ2n) is 8.26. The van der Waals surface area contributed by atoms with Crippen LogP contribution < -0.4 is 0 Å². The van der Waals surface area contributed by atoms with Gasteiger partial charge in [-0.2, -0.15) is 0 Å². The average molecular weight is 453 g/mol. The Hall–Kier alpha value is -2.89. The Labute approximate surface area is 192 Å². The summed E-state index contributed by atoms with van der Waals surface area (Å²) in [5.74, 6) is -1.74. The molecule has 0 radical (unpaired) electrons. The second-order valence-corrected chi connectivity index (χ2v) is 8.26. The topological polar surface area (TPSA) is 18.5 Å². The molecule has 1 aliphatic heterocycles. The van der Waals surface area contributed by atoms with Crippen molar-refractivity contribution >= 4 is 0 Å². The van der Waals surface area contributed by atoms with Crippen molar-refractivity contribution in [2.45, 2.75) is 33.0 Å². The maximum Gasteiger partial charge on any atom is 0.183 e. The van der Waals surface area contributed by atoms with E-state index in [1.807, 2.05) is 6.92 Å². The first kappa shape index (κ1) is 23.3. The molecule has 3 aromatic carbocycles. The van der Waals surface area contributed by atoms with Gasteiger partial charge in [-0.15, -0.1) is 0 Å².